The van der Waals surface area contributed by atoms with Crippen LogP contribution in [0.2, 0.25) is 0 Å². The Labute approximate surface area is 151 Å². The van der Waals surface area contributed by atoms with Crippen LogP contribution in [0, 0.1) is 0 Å². The Morgan fingerprint density at radius 3 is 2.69 bits per heavy atom. The van der Waals surface area contributed by atoms with Gasteiger partial charge in [0, 0.05) is 49.4 Å². The lowest BCUT2D eigenvalue weighted by Gasteiger charge is -2.35. The van der Waals surface area contributed by atoms with Crippen LogP contribution in [0.1, 0.15) is 19.4 Å². The average Bonchev–Trinajstić information content (AvgIpc) is 3.01. The van der Waals surface area contributed by atoms with Crippen LogP contribution >= 0.6 is 0 Å². The molecule has 1 aliphatic heterocycles. The number of hydrogen-bond acceptors (Lipinski definition) is 5. The summed E-state index contributed by atoms with van der Waals surface area (Å²) in [6, 6.07) is 2.03. The number of hydrogen-bond donors (Lipinski definition) is 2. The topological polar surface area (TPSA) is 105 Å². The van der Waals surface area contributed by atoms with Crippen LogP contribution in [-0.4, -0.2) is 59.2 Å². The molecule has 0 radical (unpaired) electrons. The van der Waals surface area contributed by atoms with Crippen molar-refractivity contribution in [2.75, 3.05) is 31.1 Å². The molecule has 0 atom stereocenters. The number of carbonyl (C=O) groups is 2. The molecule has 1 aliphatic rings. The number of aromatic nitrogens is 2. The van der Waals surface area contributed by atoms with E-state index in [4.69, 9.17) is 10.5 Å². The summed E-state index contributed by atoms with van der Waals surface area (Å²) in [6.45, 7) is 6.30. The Balaban J connectivity index is 1.72. The first-order chi connectivity index (χ1) is 12.4. The summed E-state index contributed by atoms with van der Waals surface area (Å²) in [5.74, 6) is -0.493. The van der Waals surface area contributed by atoms with E-state index >= 15 is 0 Å². The van der Waals surface area contributed by atoms with Crippen molar-refractivity contribution in [1.29, 1.82) is 0 Å². The van der Waals surface area contributed by atoms with E-state index in [2.05, 4.69) is 14.9 Å². The molecular formula is C18H23N5O3. The molecule has 1 saturated heterocycles. The second-order valence-electron chi connectivity index (χ2n) is 6.48. The molecule has 1 fully saturated rings. The second-order valence-corrected chi connectivity index (χ2v) is 6.48. The molecule has 3 rings (SSSR count). The highest BCUT2D eigenvalue weighted by molar-refractivity contribution is 5.95. The van der Waals surface area contributed by atoms with Gasteiger partial charge in [0.2, 0.25) is 5.91 Å². The predicted molar refractivity (Wildman–Crippen MR) is 99.7 cm³/mol. The van der Waals surface area contributed by atoms with Gasteiger partial charge in [-0.3, -0.25) is 4.79 Å². The van der Waals surface area contributed by atoms with Crippen LogP contribution in [0.15, 0.2) is 24.5 Å². The Kier molecular flexibility index (Phi) is 5.11. The van der Waals surface area contributed by atoms with Crippen molar-refractivity contribution >= 4 is 34.8 Å². The highest BCUT2D eigenvalue weighted by atomic mass is 16.6. The molecule has 2 amide bonds. The van der Waals surface area contributed by atoms with Crippen LogP contribution in [0.3, 0.4) is 0 Å². The molecule has 0 saturated carbocycles. The lowest BCUT2D eigenvalue weighted by atomic mass is 10.2. The van der Waals surface area contributed by atoms with Crippen molar-refractivity contribution in [3.63, 3.8) is 0 Å². The molecule has 138 valence electrons. The molecule has 3 N–H and O–H groups in total. The Morgan fingerprint density at radius 1 is 1.31 bits per heavy atom. The molecule has 2 aromatic heterocycles. The third-order valence-corrected chi connectivity index (χ3v) is 4.22. The lowest BCUT2D eigenvalue weighted by Crippen LogP contribution is -2.49. The predicted octanol–water partition coefficient (Wildman–Crippen LogP) is 1.73. The average molecular weight is 357 g/mol. The van der Waals surface area contributed by atoms with Crippen molar-refractivity contribution in [3.8, 4) is 0 Å². The zero-order chi connectivity index (χ0) is 18.7. The minimum atomic E-state index is -0.493. The van der Waals surface area contributed by atoms with Crippen LogP contribution < -0.4 is 10.6 Å². The van der Waals surface area contributed by atoms with Crippen LogP contribution in [0.25, 0.3) is 17.1 Å². The monoisotopic (exact) mass is 357 g/mol. The summed E-state index contributed by atoms with van der Waals surface area (Å²) in [5.41, 5.74) is 7.74. The Hall–Kier alpha value is -3.03. The molecule has 8 nitrogen and oxygen atoms in total. The summed E-state index contributed by atoms with van der Waals surface area (Å²) in [6.07, 6.45) is 6.22. The molecule has 26 heavy (non-hydrogen) atoms. The number of anilines is 1. The zero-order valence-electron chi connectivity index (χ0n) is 14.9. The third kappa shape index (κ3) is 3.96. The van der Waals surface area contributed by atoms with E-state index in [-0.39, 0.29) is 12.2 Å². The lowest BCUT2D eigenvalue weighted by molar-refractivity contribution is -0.113. The Bertz CT molecular complexity index is 834. The number of ether oxygens (including phenoxy) is 1. The fourth-order valence-corrected chi connectivity index (χ4v) is 2.92. The van der Waals surface area contributed by atoms with E-state index < -0.39 is 5.91 Å². The van der Waals surface area contributed by atoms with E-state index in [0.717, 1.165) is 22.3 Å². The molecule has 0 aromatic carbocycles. The van der Waals surface area contributed by atoms with Gasteiger partial charge in [0.05, 0.1) is 18.0 Å². The minimum Gasteiger partial charge on any atom is -0.447 e. The van der Waals surface area contributed by atoms with Gasteiger partial charge in [0.1, 0.15) is 5.65 Å². The van der Waals surface area contributed by atoms with E-state index in [9.17, 15) is 9.59 Å². The number of fused-ring (bicyclic) bond motifs is 1. The van der Waals surface area contributed by atoms with Crippen LogP contribution in [-0.2, 0) is 9.53 Å². The summed E-state index contributed by atoms with van der Waals surface area (Å²) < 4.78 is 5.25. The van der Waals surface area contributed by atoms with E-state index in [1.807, 2.05) is 26.1 Å². The number of nitrogens with one attached hydrogen (secondary N) is 1. The zero-order valence-corrected chi connectivity index (χ0v) is 14.9. The first-order valence-corrected chi connectivity index (χ1v) is 8.59. The third-order valence-electron chi connectivity index (χ3n) is 4.22. The summed E-state index contributed by atoms with van der Waals surface area (Å²) in [4.78, 5) is 34.4. The maximum absolute atomic E-state index is 12.0. The van der Waals surface area contributed by atoms with Crippen LogP contribution in [0.4, 0.5) is 10.5 Å². The van der Waals surface area contributed by atoms with Crippen molar-refractivity contribution in [2.45, 2.75) is 20.0 Å². The van der Waals surface area contributed by atoms with Gasteiger partial charge < -0.3 is 25.3 Å². The quantitative estimate of drug-likeness (QED) is 0.811. The SMILES string of the molecule is CC(C)OC(=O)N1CCN(c2cnc3[nH]cc(C=CC(N)=O)c3c2)CC1. The number of H-pyrrole nitrogens is 1. The molecule has 2 aromatic rings. The number of piperazine rings is 1. The van der Waals surface area contributed by atoms with Gasteiger partial charge in [0.25, 0.3) is 0 Å². The van der Waals surface area contributed by atoms with Gasteiger partial charge in [-0.15, -0.1) is 0 Å². The fourth-order valence-electron chi connectivity index (χ4n) is 2.92. The van der Waals surface area contributed by atoms with E-state index in [0.29, 0.717) is 26.2 Å². The van der Waals surface area contributed by atoms with Crippen molar-refractivity contribution in [2.24, 2.45) is 5.73 Å². The van der Waals surface area contributed by atoms with Crippen molar-refractivity contribution < 1.29 is 14.3 Å². The number of carbonyl (C=O) groups excluding carboxylic acids is 2. The summed E-state index contributed by atoms with van der Waals surface area (Å²) in [7, 11) is 0. The van der Waals surface area contributed by atoms with Gasteiger partial charge in [-0.1, -0.05) is 0 Å². The maximum atomic E-state index is 12.0. The number of nitrogens with zero attached hydrogens (tertiary/aromatic N) is 3. The first kappa shape index (κ1) is 17.8. The highest BCUT2D eigenvalue weighted by Crippen LogP contribution is 2.24. The van der Waals surface area contributed by atoms with Gasteiger partial charge >= 0.3 is 6.09 Å². The van der Waals surface area contributed by atoms with E-state index in [1.165, 1.54) is 6.08 Å². The first-order valence-electron chi connectivity index (χ1n) is 8.59. The fraction of sp³-hybridized carbons (Fsp3) is 0.389. The Morgan fingerprint density at radius 2 is 2.04 bits per heavy atom. The van der Waals surface area contributed by atoms with Crippen LogP contribution in [0.5, 0.6) is 0 Å². The number of pyridine rings is 1. The highest BCUT2D eigenvalue weighted by Gasteiger charge is 2.23. The number of rotatable bonds is 4. The smallest absolute Gasteiger partial charge is 0.410 e. The van der Waals surface area contributed by atoms with Gasteiger partial charge in [-0.05, 0) is 26.0 Å². The number of amides is 2. The van der Waals surface area contributed by atoms with Crippen molar-refractivity contribution in [1.82, 2.24) is 14.9 Å². The molecule has 0 aliphatic carbocycles. The van der Waals surface area contributed by atoms with Crippen molar-refractivity contribution in [3.05, 3.63) is 30.1 Å². The molecule has 0 bridgehead atoms. The summed E-state index contributed by atoms with van der Waals surface area (Å²) in [5, 5.41) is 0.918. The number of nitrogens with two attached hydrogens (primary N) is 1. The maximum Gasteiger partial charge on any atom is 0.410 e. The van der Waals surface area contributed by atoms with Gasteiger partial charge in [0.15, 0.2) is 0 Å². The molecule has 8 heteroatoms. The molecule has 0 unspecified atom stereocenters. The summed E-state index contributed by atoms with van der Waals surface area (Å²) >= 11 is 0. The molecule has 0 spiro atoms. The largest absolute Gasteiger partial charge is 0.447 e. The van der Waals surface area contributed by atoms with E-state index in [1.54, 1.807) is 17.2 Å². The molecule has 3 heterocycles. The number of aromatic amines is 1. The number of primary amides is 1. The second kappa shape index (κ2) is 7.47. The van der Waals surface area contributed by atoms with Gasteiger partial charge in [-0.25, -0.2) is 9.78 Å². The van der Waals surface area contributed by atoms with Gasteiger partial charge in [-0.2, -0.15) is 0 Å². The normalized spacial score (nSPS) is 15.2. The molecular weight excluding hydrogens is 334 g/mol. The minimum absolute atomic E-state index is 0.118. The standard InChI is InChI=1S/C18H23N5O3/c1-12(2)26-18(25)23-7-5-22(6-8-23)14-9-15-13(3-4-16(19)24)10-20-17(15)21-11-14/h3-4,9-12H,5-8H2,1-2H3,(H2,19,24)(H,20,21).